The maximum Gasteiger partial charge on any atom is 0.270 e. The summed E-state index contributed by atoms with van der Waals surface area (Å²) >= 11 is 0. The number of methoxy groups -OCH3 is 1. The summed E-state index contributed by atoms with van der Waals surface area (Å²) in [5, 5.41) is 13.5. The monoisotopic (exact) mass is 653 g/mol. The number of rotatable bonds is 14. The molecule has 2 heterocycles. The molecule has 0 aliphatic heterocycles. The van der Waals surface area contributed by atoms with Gasteiger partial charge in [0, 0.05) is 32.8 Å². The Labute approximate surface area is 281 Å². The minimum Gasteiger partial charge on any atom is -0.383 e. The molecule has 0 bridgehead atoms. The molecule has 4 aromatic rings. The lowest BCUT2D eigenvalue weighted by atomic mass is 9.77. The Morgan fingerprint density at radius 3 is 2.46 bits per heavy atom. The van der Waals surface area contributed by atoms with Crippen LogP contribution in [0.2, 0.25) is 0 Å². The predicted molar refractivity (Wildman–Crippen MR) is 183 cm³/mol. The number of carbonyl (C=O) groups excluding carboxylic acids is 3. The number of nitrogens with one attached hydrogen (secondary N) is 4. The maximum absolute atomic E-state index is 14.0. The molecule has 48 heavy (non-hydrogen) atoms. The summed E-state index contributed by atoms with van der Waals surface area (Å²) < 4.78 is 7.16. The summed E-state index contributed by atoms with van der Waals surface area (Å²) in [4.78, 5) is 49.3. The predicted octanol–water partition coefficient (Wildman–Crippen LogP) is 4.68. The first kappa shape index (κ1) is 33.4. The van der Waals surface area contributed by atoms with Crippen molar-refractivity contribution in [2.45, 2.75) is 76.3 Å². The van der Waals surface area contributed by atoms with E-state index in [0.717, 1.165) is 48.7 Å². The van der Waals surface area contributed by atoms with Crippen molar-refractivity contribution in [2.24, 2.45) is 18.4 Å². The van der Waals surface area contributed by atoms with Crippen LogP contribution >= 0.6 is 0 Å². The molecule has 4 atom stereocenters. The molecule has 11 nitrogen and oxygen atoms in total. The number of aromatic amines is 1. The first-order valence-corrected chi connectivity index (χ1v) is 17.0. The topological polar surface area (TPSA) is 143 Å². The highest BCUT2D eigenvalue weighted by Gasteiger charge is 2.50. The second-order valence-electron chi connectivity index (χ2n) is 14.0. The quantitative estimate of drug-likeness (QED) is 0.156. The van der Waals surface area contributed by atoms with Crippen LogP contribution in [0.5, 0.6) is 0 Å². The minimum atomic E-state index is -1.09. The number of carbonyl (C=O) groups is 3. The van der Waals surface area contributed by atoms with E-state index < -0.39 is 17.5 Å². The molecule has 2 aliphatic rings. The number of amides is 3. The number of hydrogen-bond acceptors (Lipinski definition) is 6. The largest absolute Gasteiger partial charge is 0.383 e. The van der Waals surface area contributed by atoms with Crippen LogP contribution in [0.3, 0.4) is 0 Å². The summed E-state index contributed by atoms with van der Waals surface area (Å²) in [6, 6.07) is 16.7. The molecular formula is C37H47N7O4. The van der Waals surface area contributed by atoms with Gasteiger partial charge in [0.05, 0.1) is 29.1 Å². The van der Waals surface area contributed by atoms with E-state index in [2.05, 4.69) is 45.1 Å². The maximum atomic E-state index is 14.0. The van der Waals surface area contributed by atoms with E-state index in [0.29, 0.717) is 23.6 Å². The molecule has 11 heteroatoms. The molecule has 2 aliphatic carbocycles. The number of benzene rings is 2. The Hall–Kier alpha value is -4.51. The fraction of sp³-hybridized carbons (Fsp3) is 0.486. The molecule has 1 unspecified atom stereocenters. The molecule has 0 radical (unpaired) electrons. The van der Waals surface area contributed by atoms with E-state index in [9.17, 15) is 14.4 Å². The highest BCUT2D eigenvalue weighted by atomic mass is 16.5. The van der Waals surface area contributed by atoms with Gasteiger partial charge in [-0.3, -0.25) is 19.1 Å². The molecule has 6 rings (SSSR count). The number of aromatic nitrogens is 4. The number of aryl methyl sites for hydroxylation is 1. The van der Waals surface area contributed by atoms with Crippen LogP contribution in [0, 0.1) is 11.3 Å². The Balaban J connectivity index is 1.37. The van der Waals surface area contributed by atoms with Gasteiger partial charge >= 0.3 is 0 Å². The van der Waals surface area contributed by atoms with Crippen molar-refractivity contribution >= 4 is 28.8 Å². The average molecular weight is 654 g/mol. The molecule has 2 aromatic carbocycles. The van der Waals surface area contributed by atoms with Crippen molar-refractivity contribution in [3.05, 3.63) is 83.4 Å². The third-order valence-corrected chi connectivity index (χ3v) is 10.5. The van der Waals surface area contributed by atoms with E-state index >= 15 is 0 Å². The van der Waals surface area contributed by atoms with Gasteiger partial charge < -0.3 is 25.7 Å². The molecule has 3 amide bonds. The Morgan fingerprint density at radius 1 is 1.10 bits per heavy atom. The number of ether oxygens (including phenoxy) is 1. The standard InChI is InChI=1S/C37H47N7O4/c1-6-38-34(46)30(24-13-10-14-24)43-35(47)37(3,22-48-5)25-15-16-26-27(21-25)41-32(40-26)31(42-33(45)28-17-20-39-44(28)4)29(36(2)18-19-36)23-11-8-7-9-12-23/h7-9,11-12,15-17,20-21,24,29-31H,6,10,13-14,18-19,22H2,1-5H3,(H,38,46)(H,40,41)(H,42,45)(H,43,47)/t29-,30+,31-,37?/m0/s1. The average Bonchev–Trinajstić information content (AvgIpc) is 3.41. The van der Waals surface area contributed by atoms with Gasteiger partial charge in [-0.25, -0.2) is 4.98 Å². The van der Waals surface area contributed by atoms with Crippen molar-refractivity contribution in [2.75, 3.05) is 20.3 Å². The molecule has 4 N–H and O–H groups in total. The fourth-order valence-electron chi connectivity index (χ4n) is 7.13. The van der Waals surface area contributed by atoms with Crippen molar-refractivity contribution in [1.82, 2.24) is 35.7 Å². The first-order chi connectivity index (χ1) is 23.1. The Bertz CT molecular complexity index is 1770. The molecular weight excluding hydrogens is 606 g/mol. The highest BCUT2D eigenvalue weighted by Crippen LogP contribution is 2.59. The smallest absolute Gasteiger partial charge is 0.270 e. The fourth-order valence-corrected chi connectivity index (χ4v) is 7.13. The van der Waals surface area contributed by atoms with Gasteiger partial charge in [0.1, 0.15) is 17.6 Å². The van der Waals surface area contributed by atoms with E-state index in [-0.39, 0.29) is 41.6 Å². The van der Waals surface area contributed by atoms with Crippen molar-refractivity contribution in [3.8, 4) is 0 Å². The Kier molecular flexibility index (Phi) is 9.42. The van der Waals surface area contributed by atoms with Crippen LogP contribution in [0.25, 0.3) is 11.0 Å². The van der Waals surface area contributed by atoms with Crippen molar-refractivity contribution in [1.29, 1.82) is 0 Å². The normalized spacial score (nSPS) is 18.6. The summed E-state index contributed by atoms with van der Waals surface area (Å²) in [5.41, 5.74) is 2.66. The number of hydrogen-bond donors (Lipinski definition) is 4. The summed E-state index contributed by atoms with van der Waals surface area (Å²) in [7, 11) is 3.32. The summed E-state index contributed by atoms with van der Waals surface area (Å²) in [6.45, 7) is 6.60. The lowest BCUT2D eigenvalue weighted by molar-refractivity contribution is -0.135. The molecule has 0 spiro atoms. The highest BCUT2D eigenvalue weighted by molar-refractivity contribution is 5.94. The molecule has 254 valence electrons. The van der Waals surface area contributed by atoms with Crippen molar-refractivity contribution < 1.29 is 19.1 Å². The zero-order valence-electron chi connectivity index (χ0n) is 28.5. The van der Waals surface area contributed by atoms with Crippen LogP contribution in [0.15, 0.2) is 60.8 Å². The first-order valence-electron chi connectivity index (χ1n) is 17.0. The van der Waals surface area contributed by atoms with Crippen LogP contribution in [-0.2, 0) is 26.8 Å². The zero-order valence-corrected chi connectivity index (χ0v) is 28.5. The van der Waals surface area contributed by atoms with Gasteiger partial charge in [0.15, 0.2) is 0 Å². The minimum absolute atomic E-state index is 0.0218. The van der Waals surface area contributed by atoms with Crippen LogP contribution < -0.4 is 16.0 Å². The summed E-state index contributed by atoms with van der Waals surface area (Å²) in [5.74, 6) is 0.0582. The third-order valence-electron chi connectivity index (χ3n) is 10.5. The van der Waals surface area contributed by atoms with Gasteiger partial charge in [-0.2, -0.15) is 5.10 Å². The van der Waals surface area contributed by atoms with Gasteiger partial charge in [-0.05, 0) is 80.2 Å². The van der Waals surface area contributed by atoms with E-state index in [4.69, 9.17) is 9.72 Å². The summed E-state index contributed by atoms with van der Waals surface area (Å²) in [6.07, 6.45) is 6.56. The van der Waals surface area contributed by atoms with Crippen LogP contribution in [0.1, 0.15) is 92.3 Å². The van der Waals surface area contributed by atoms with Crippen molar-refractivity contribution in [3.63, 3.8) is 0 Å². The second-order valence-corrected chi connectivity index (χ2v) is 14.0. The lowest BCUT2D eigenvalue weighted by Crippen LogP contribution is -2.57. The molecule has 2 fully saturated rings. The van der Waals surface area contributed by atoms with Crippen LogP contribution in [-0.4, -0.2) is 63.8 Å². The third kappa shape index (κ3) is 6.48. The number of likely N-dealkylation sites (N-methyl/N-ethyl adjacent to an activating group) is 1. The van der Waals surface area contributed by atoms with E-state index in [1.807, 2.05) is 50.2 Å². The van der Waals surface area contributed by atoms with E-state index in [1.165, 1.54) is 0 Å². The molecule has 2 saturated carbocycles. The lowest BCUT2D eigenvalue weighted by Gasteiger charge is -2.36. The Morgan fingerprint density at radius 2 is 1.85 bits per heavy atom. The van der Waals surface area contributed by atoms with Gasteiger partial charge in [0.25, 0.3) is 5.91 Å². The van der Waals surface area contributed by atoms with E-state index in [1.54, 1.807) is 31.1 Å². The van der Waals surface area contributed by atoms with Gasteiger partial charge in [-0.1, -0.05) is 49.7 Å². The molecule has 2 aromatic heterocycles. The number of H-pyrrole nitrogens is 1. The number of fused-ring (bicyclic) bond motifs is 1. The SMILES string of the molecule is CCNC(=O)[C@H](NC(=O)C(C)(COC)c1ccc2[nH]c([C@@H](NC(=O)c3ccnn3C)[C@H](c3ccccc3)C3(C)CC3)nc2c1)C1CCC1. The number of nitrogens with zero attached hydrogens (tertiary/aromatic N) is 3. The molecule has 0 saturated heterocycles. The number of imidazole rings is 1. The van der Waals surface area contributed by atoms with Crippen LogP contribution in [0.4, 0.5) is 0 Å². The van der Waals surface area contributed by atoms with Gasteiger partial charge in [-0.15, -0.1) is 0 Å². The zero-order chi connectivity index (χ0) is 34.1. The second kappa shape index (κ2) is 13.5. The van der Waals surface area contributed by atoms with Gasteiger partial charge in [0.2, 0.25) is 11.8 Å².